The number of ether oxygens (including phenoxy) is 2. The summed E-state index contributed by atoms with van der Waals surface area (Å²) >= 11 is 0. The summed E-state index contributed by atoms with van der Waals surface area (Å²) in [5, 5.41) is 21.6. The molecule has 2 N–H and O–H groups in total. The highest BCUT2D eigenvalue weighted by molar-refractivity contribution is 5.82. The smallest absolute Gasteiger partial charge is 0.416 e. The Labute approximate surface area is 359 Å². The number of phenols is 2. The molecule has 0 fully saturated rings. The Morgan fingerprint density at radius 1 is 0.571 bits per heavy atom. The molecule has 6 aromatic carbocycles. The zero-order valence-corrected chi connectivity index (χ0v) is 34.8. The fourth-order valence-corrected chi connectivity index (χ4v) is 7.08. The van der Waals surface area contributed by atoms with E-state index in [1.54, 1.807) is 89.5 Å². The Kier molecular flexibility index (Phi) is 12.3. The quantitative estimate of drug-likeness (QED) is 0.155. The molecule has 0 atom stereocenters. The van der Waals surface area contributed by atoms with Gasteiger partial charge in [0.05, 0.1) is 53.0 Å². The summed E-state index contributed by atoms with van der Waals surface area (Å²) < 4.78 is 52.9. The minimum atomic E-state index is -4.50. The van der Waals surface area contributed by atoms with Gasteiger partial charge < -0.3 is 19.7 Å². The molecule has 2 heterocycles. The number of halogens is 3. The van der Waals surface area contributed by atoms with Crippen LogP contribution < -0.4 is 20.6 Å². The number of aryl methyl sites for hydroxylation is 3. The molecule has 0 amide bonds. The number of phenolic OH excluding ortho intramolecular Hbond substituents is 2. The lowest BCUT2D eigenvalue weighted by molar-refractivity contribution is -0.138. The third kappa shape index (κ3) is 8.94. The minimum absolute atomic E-state index is 0.0135. The number of aromatic hydroxyl groups is 2. The molecule has 0 aliphatic heterocycles. The molecule has 0 aliphatic rings. The van der Waals surface area contributed by atoms with Gasteiger partial charge in [0.2, 0.25) is 0 Å². The van der Waals surface area contributed by atoms with Crippen LogP contribution in [0.1, 0.15) is 45.0 Å². The monoisotopic (exact) mass is 850 g/mol. The Hall–Kier alpha value is -7.93. The van der Waals surface area contributed by atoms with Gasteiger partial charge in [-0.2, -0.15) is 13.2 Å². The van der Waals surface area contributed by atoms with Gasteiger partial charge in [-0.1, -0.05) is 60.7 Å². The molecule has 0 unspecified atom stereocenters. The van der Waals surface area contributed by atoms with Crippen LogP contribution >= 0.6 is 0 Å². The maximum atomic E-state index is 13.4. The van der Waals surface area contributed by atoms with Gasteiger partial charge in [-0.25, -0.2) is 9.97 Å². The lowest BCUT2D eigenvalue weighted by Gasteiger charge is -2.15. The van der Waals surface area contributed by atoms with Crippen LogP contribution in [0.2, 0.25) is 0 Å². The van der Waals surface area contributed by atoms with Crippen LogP contribution in [-0.2, 0) is 6.18 Å². The van der Waals surface area contributed by atoms with E-state index in [9.17, 15) is 33.0 Å². The first-order chi connectivity index (χ1) is 30.2. The molecule has 0 bridgehead atoms. The predicted molar refractivity (Wildman–Crippen MR) is 241 cm³/mol. The van der Waals surface area contributed by atoms with Crippen molar-refractivity contribution in [3.05, 3.63) is 187 Å². The van der Waals surface area contributed by atoms with E-state index in [0.717, 1.165) is 22.9 Å². The highest BCUT2D eigenvalue weighted by Gasteiger charge is 2.32. The first-order valence-electron chi connectivity index (χ1n) is 19.6. The SMILES string of the molecule is COc1cccc(/C=C/c2nc3ccccc3c(=O)n2-c2cc(C)ccc2C)c1O.COc1cccc(/C=C/c2nc3ccccc3c(=O)n2-c2ccc(C(F)(F)F)c(C)c2)c1O. The van der Waals surface area contributed by atoms with E-state index in [1.807, 2.05) is 50.2 Å². The van der Waals surface area contributed by atoms with Crippen LogP contribution in [0.15, 0.2) is 131 Å². The summed E-state index contributed by atoms with van der Waals surface area (Å²) in [6, 6.07) is 33.7. The third-order valence-corrected chi connectivity index (χ3v) is 10.3. The number of fused-ring (bicyclic) bond motifs is 2. The molecular weight excluding hydrogens is 810 g/mol. The minimum Gasteiger partial charge on any atom is -0.504 e. The van der Waals surface area contributed by atoms with E-state index < -0.39 is 17.3 Å². The van der Waals surface area contributed by atoms with Gasteiger partial charge in [0.15, 0.2) is 23.0 Å². The number of hydrogen-bond donors (Lipinski definition) is 2. The van der Waals surface area contributed by atoms with Crippen molar-refractivity contribution in [2.75, 3.05) is 14.2 Å². The average Bonchev–Trinajstić information content (AvgIpc) is 3.26. The first-order valence-corrected chi connectivity index (χ1v) is 19.6. The third-order valence-electron chi connectivity index (χ3n) is 10.3. The van der Waals surface area contributed by atoms with E-state index >= 15 is 0 Å². The molecular formula is C50H41F3N4O6. The summed E-state index contributed by atoms with van der Waals surface area (Å²) in [4.78, 5) is 36.0. The van der Waals surface area contributed by atoms with Gasteiger partial charge in [-0.05, 0) is 122 Å². The zero-order chi connectivity index (χ0) is 45.0. The molecule has 318 valence electrons. The van der Waals surface area contributed by atoms with Crippen LogP contribution in [-0.4, -0.2) is 43.5 Å². The Balaban J connectivity index is 0.000000190. The van der Waals surface area contributed by atoms with Crippen molar-refractivity contribution in [3.63, 3.8) is 0 Å². The summed E-state index contributed by atoms with van der Waals surface area (Å²) in [6.07, 6.45) is 2.05. The number of methoxy groups -OCH3 is 2. The molecule has 0 aliphatic carbocycles. The lowest BCUT2D eigenvalue weighted by Crippen LogP contribution is -2.23. The number of para-hydroxylation sites is 4. The summed E-state index contributed by atoms with van der Waals surface area (Å²) in [7, 11) is 2.93. The second-order valence-electron chi connectivity index (χ2n) is 14.5. The molecule has 2 aromatic heterocycles. The number of alkyl halides is 3. The first kappa shape index (κ1) is 43.2. The second kappa shape index (κ2) is 18.0. The number of nitrogens with zero attached hydrogens (tertiary/aromatic N) is 4. The van der Waals surface area contributed by atoms with E-state index in [2.05, 4.69) is 4.98 Å². The van der Waals surface area contributed by atoms with E-state index in [-0.39, 0.29) is 39.9 Å². The van der Waals surface area contributed by atoms with Gasteiger partial charge in [0.25, 0.3) is 11.1 Å². The van der Waals surface area contributed by atoms with Crippen molar-refractivity contribution < 1.29 is 32.9 Å². The molecule has 10 nitrogen and oxygen atoms in total. The zero-order valence-electron chi connectivity index (χ0n) is 34.8. The summed E-state index contributed by atoms with van der Waals surface area (Å²) in [6.45, 7) is 5.31. The van der Waals surface area contributed by atoms with Gasteiger partial charge in [-0.3, -0.25) is 18.7 Å². The number of hydrogen-bond acceptors (Lipinski definition) is 8. The van der Waals surface area contributed by atoms with Crippen LogP contribution in [0.3, 0.4) is 0 Å². The van der Waals surface area contributed by atoms with Crippen LogP contribution in [0, 0.1) is 20.8 Å². The van der Waals surface area contributed by atoms with E-state index in [1.165, 1.54) is 43.9 Å². The predicted octanol–water partition coefficient (Wildman–Crippen LogP) is 10.5. The largest absolute Gasteiger partial charge is 0.504 e. The van der Waals surface area contributed by atoms with Crippen LogP contribution in [0.25, 0.3) is 57.5 Å². The number of rotatable bonds is 8. The molecule has 0 saturated carbocycles. The summed E-state index contributed by atoms with van der Waals surface area (Å²) in [5.41, 5.74) is 3.78. The summed E-state index contributed by atoms with van der Waals surface area (Å²) in [5.74, 6) is 1.29. The van der Waals surface area contributed by atoms with Crippen molar-refractivity contribution in [2.45, 2.75) is 26.9 Å². The molecule has 63 heavy (non-hydrogen) atoms. The van der Waals surface area contributed by atoms with Gasteiger partial charge >= 0.3 is 6.18 Å². The molecule has 8 aromatic rings. The van der Waals surface area contributed by atoms with E-state index in [0.29, 0.717) is 44.5 Å². The van der Waals surface area contributed by atoms with Gasteiger partial charge in [-0.15, -0.1) is 0 Å². The van der Waals surface area contributed by atoms with Crippen molar-refractivity contribution >= 4 is 46.1 Å². The second-order valence-corrected chi connectivity index (χ2v) is 14.5. The molecule has 0 radical (unpaired) electrons. The lowest BCUT2D eigenvalue weighted by atomic mass is 10.1. The topological polar surface area (TPSA) is 129 Å². The molecule has 0 spiro atoms. The Bertz CT molecular complexity index is 3210. The van der Waals surface area contributed by atoms with Gasteiger partial charge in [0.1, 0.15) is 11.6 Å². The normalized spacial score (nSPS) is 11.6. The highest BCUT2D eigenvalue weighted by Crippen LogP contribution is 2.34. The van der Waals surface area contributed by atoms with E-state index in [4.69, 9.17) is 14.5 Å². The Morgan fingerprint density at radius 3 is 1.59 bits per heavy atom. The maximum absolute atomic E-state index is 13.4. The number of benzene rings is 6. The Morgan fingerprint density at radius 2 is 1.08 bits per heavy atom. The van der Waals surface area contributed by atoms with Crippen molar-refractivity contribution in [3.8, 4) is 34.4 Å². The van der Waals surface area contributed by atoms with Crippen LogP contribution in [0.5, 0.6) is 23.0 Å². The van der Waals surface area contributed by atoms with Crippen molar-refractivity contribution in [2.24, 2.45) is 0 Å². The van der Waals surface area contributed by atoms with Crippen molar-refractivity contribution in [1.82, 2.24) is 19.1 Å². The molecule has 0 saturated heterocycles. The fraction of sp³-hybridized carbons (Fsp3) is 0.120. The standard InChI is InChI=1S/C25H19F3N2O3.C25H22N2O3/c1-15-14-17(11-12-19(15)25(26,27)28)30-22(29-20-8-4-3-7-18(20)24(30)32)13-10-16-6-5-9-21(33-2)23(16)31;1-16-11-12-17(2)21(15-16)27-23(26-20-9-5-4-8-19(20)25(27)29)14-13-18-7-6-10-22(30-3)24(18)28/h3-14,31H,1-2H3;4-15,28H,1-3H3/b13-10+;14-13+. The average molecular weight is 851 g/mol. The van der Waals surface area contributed by atoms with Crippen LogP contribution in [0.4, 0.5) is 13.2 Å². The highest BCUT2D eigenvalue weighted by atomic mass is 19.4. The molecule has 8 rings (SSSR count). The number of aromatic nitrogens is 4. The van der Waals surface area contributed by atoms with Gasteiger partial charge in [0, 0.05) is 11.1 Å². The fourth-order valence-electron chi connectivity index (χ4n) is 7.08. The maximum Gasteiger partial charge on any atom is 0.416 e. The van der Waals surface area contributed by atoms with Crippen molar-refractivity contribution in [1.29, 1.82) is 0 Å². The molecule has 13 heteroatoms.